The quantitative estimate of drug-likeness (QED) is 0.689. The molecule has 7 heteroatoms. The molecule has 0 unspecified atom stereocenters. The molecule has 1 aliphatic rings. The summed E-state index contributed by atoms with van der Waals surface area (Å²) in [6.07, 6.45) is 1.34. The highest BCUT2D eigenvalue weighted by Crippen LogP contribution is 2.33. The largest absolute Gasteiger partial charge is 0.493 e. The first kappa shape index (κ1) is 24.0. The molecule has 0 aromatic heterocycles. The Bertz CT molecular complexity index is 810. The van der Waals surface area contributed by atoms with Gasteiger partial charge in [-0.15, -0.1) is 12.4 Å². The van der Waals surface area contributed by atoms with Crippen molar-refractivity contribution in [1.29, 1.82) is 0 Å². The van der Waals surface area contributed by atoms with Crippen LogP contribution in [0.3, 0.4) is 0 Å². The van der Waals surface area contributed by atoms with E-state index in [4.69, 9.17) is 19.9 Å². The zero-order valence-electron chi connectivity index (χ0n) is 17.6. The van der Waals surface area contributed by atoms with Crippen LogP contribution in [0, 0.1) is 5.41 Å². The van der Waals surface area contributed by atoms with Crippen molar-refractivity contribution >= 4 is 18.3 Å². The topological polar surface area (TPSA) is 74.0 Å². The average Bonchev–Trinajstić information content (AvgIpc) is 2.78. The molecule has 2 aromatic rings. The van der Waals surface area contributed by atoms with Gasteiger partial charge in [0.1, 0.15) is 6.61 Å². The van der Waals surface area contributed by atoms with Crippen LogP contribution in [0.5, 0.6) is 11.5 Å². The summed E-state index contributed by atoms with van der Waals surface area (Å²) < 4.78 is 16.8. The molecule has 0 aliphatic carbocycles. The van der Waals surface area contributed by atoms with Crippen molar-refractivity contribution in [2.45, 2.75) is 26.0 Å². The second kappa shape index (κ2) is 11.2. The van der Waals surface area contributed by atoms with Crippen molar-refractivity contribution in [3.8, 4) is 11.5 Å². The number of amides is 1. The number of nitrogens with zero attached hydrogens (tertiary/aromatic N) is 1. The first-order valence-electron chi connectivity index (χ1n) is 9.95. The summed E-state index contributed by atoms with van der Waals surface area (Å²) >= 11 is 0. The highest BCUT2D eigenvalue weighted by Gasteiger charge is 2.40. The zero-order valence-corrected chi connectivity index (χ0v) is 18.5. The normalized spacial score (nSPS) is 15.0. The second-order valence-electron chi connectivity index (χ2n) is 7.52. The van der Waals surface area contributed by atoms with Crippen LogP contribution in [0.4, 0.5) is 0 Å². The van der Waals surface area contributed by atoms with E-state index in [1.165, 1.54) is 0 Å². The molecular weight excluding hydrogens is 404 g/mol. The van der Waals surface area contributed by atoms with E-state index < -0.39 is 5.41 Å². The third-order valence-electron chi connectivity index (χ3n) is 5.53. The molecule has 2 aromatic carbocycles. The number of nitrogens with two attached hydrogens (primary N) is 1. The maximum Gasteiger partial charge on any atom is 0.230 e. The van der Waals surface area contributed by atoms with Crippen molar-refractivity contribution in [2.75, 3.05) is 33.9 Å². The predicted molar refractivity (Wildman–Crippen MR) is 119 cm³/mol. The van der Waals surface area contributed by atoms with E-state index in [9.17, 15) is 4.79 Å². The number of carbonyl (C=O) groups excluding carboxylic acids is 1. The fraction of sp³-hybridized carbons (Fsp3) is 0.435. The van der Waals surface area contributed by atoms with Gasteiger partial charge in [-0.1, -0.05) is 36.4 Å². The van der Waals surface area contributed by atoms with Gasteiger partial charge in [-0.25, -0.2) is 0 Å². The molecule has 1 heterocycles. The van der Waals surface area contributed by atoms with Crippen LogP contribution in [0.25, 0.3) is 0 Å². The van der Waals surface area contributed by atoms with Crippen LogP contribution < -0.4 is 15.2 Å². The Morgan fingerprint density at radius 2 is 1.80 bits per heavy atom. The Labute approximate surface area is 184 Å². The number of methoxy groups -OCH3 is 1. The lowest BCUT2D eigenvalue weighted by Gasteiger charge is -2.37. The fourth-order valence-electron chi connectivity index (χ4n) is 3.68. The Hall–Kier alpha value is -2.28. The molecule has 1 saturated heterocycles. The van der Waals surface area contributed by atoms with Crippen LogP contribution in [0.2, 0.25) is 0 Å². The molecular formula is C23H31ClN2O4. The molecule has 164 valence electrons. The number of carbonyl (C=O) groups is 1. The van der Waals surface area contributed by atoms with Crippen LogP contribution in [0.1, 0.15) is 24.0 Å². The lowest BCUT2D eigenvalue weighted by atomic mass is 9.79. The monoisotopic (exact) mass is 434 g/mol. The van der Waals surface area contributed by atoms with Crippen molar-refractivity contribution in [3.05, 3.63) is 59.7 Å². The van der Waals surface area contributed by atoms with E-state index in [0.29, 0.717) is 57.3 Å². The molecule has 1 aliphatic heterocycles. The third kappa shape index (κ3) is 5.65. The van der Waals surface area contributed by atoms with Gasteiger partial charge in [0.05, 0.1) is 12.5 Å². The average molecular weight is 435 g/mol. The standard InChI is InChI=1S/C23H30N2O4.ClH/c1-25(22(26)23(17-24)10-12-28-13-11-23)15-19-8-9-20(21(14-19)27-2)29-16-18-6-4-3-5-7-18;/h3-9,14H,10-13,15-17,24H2,1-2H3;1H. The lowest BCUT2D eigenvalue weighted by Crippen LogP contribution is -2.49. The smallest absolute Gasteiger partial charge is 0.230 e. The molecule has 0 radical (unpaired) electrons. The van der Waals surface area contributed by atoms with Crippen molar-refractivity contribution in [3.63, 3.8) is 0 Å². The van der Waals surface area contributed by atoms with Gasteiger partial charge < -0.3 is 24.8 Å². The number of hydrogen-bond acceptors (Lipinski definition) is 5. The van der Waals surface area contributed by atoms with E-state index in [0.717, 1.165) is 11.1 Å². The zero-order chi connectivity index (χ0) is 20.7. The minimum Gasteiger partial charge on any atom is -0.493 e. The Morgan fingerprint density at radius 1 is 1.10 bits per heavy atom. The number of ether oxygens (including phenoxy) is 3. The SMILES string of the molecule is COc1cc(CN(C)C(=O)C2(CN)CCOCC2)ccc1OCc1ccccc1.Cl. The van der Waals surface area contributed by atoms with Crippen LogP contribution in [-0.4, -0.2) is 44.7 Å². The molecule has 6 nitrogen and oxygen atoms in total. The van der Waals surface area contributed by atoms with Crippen molar-refractivity contribution < 1.29 is 19.0 Å². The van der Waals surface area contributed by atoms with Crippen LogP contribution in [0.15, 0.2) is 48.5 Å². The highest BCUT2D eigenvalue weighted by molar-refractivity contribution is 5.85. The fourth-order valence-corrected chi connectivity index (χ4v) is 3.68. The summed E-state index contributed by atoms with van der Waals surface area (Å²) in [6.45, 7) is 2.46. The summed E-state index contributed by atoms with van der Waals surface area (Å²) in [5.74, 6) is 1.41. The van der Waals surface area contributed by atoms with Gasteiger partial charge in [-0.3, -0.25) is 4.79 Å². The maximum atomic E-state index is 13.1. The van der Waals surface area contributed by atoms with Crippen LogP contribution in [-0.2, 0) is 22.7 Å². The molecule has 2 N–H and O–H groups in total. The Balaban J connectivity index is 0.00000320. The Morgan fingerprint density at radius 3 is 2.43 bits per heavy atom. The minimum absolute atomic E-state index is 0. The molecule has 1 fully saturated rings. The molecule has 0 bridgehead atoms. The first-order chi connectivity index (χ1) is 14.1. The lowest BCUT2D eigenvalue weighted by molar-refractivity contribution is -0.146. The number of rotatable bonds is 8. The Kier molecular flexibility index (Phi) is 8.96. The van der Waals surface area contributed by atoms with E-state index in [1.807, 2.05) is 55.6 Å². The van der Waals surface area contributed by atoms with Gasteiger partial charge in [0, 0.05) is 33.4 Å². The number of halogens is 1. The molecule has 1 amide bonds. The molecule has 3 rings (SSSR count). The summed E-state index contributed by atoms with van der Waals surface area (Å²) in [7, 11) is 3.44. The van der Waals surface area contributed by atoms with Gasteiger partial charge >= 0.3 is 0 Å². The van der Waals surface area contributed by atoms with Crippen molar-refractivity contribution in [2.24, 2.45) is 11.1 Å². The van der Waals surface area contributed by atoms with Gasteiger partial charge in [0.2, 0.25) is 5.91 Å². The predicted octanol–water partition coefficient (Wildman–Crippen LogP) is 3.41. The highest BCUT2D eigenvalue weighted by atomic mass is 35.5. The summed E-state index contributed by atoms with van der Waals surface area (Å²) in [4.78, 5) is 14.8. The summed E-state index contributed by atoms with van der Waals surface area (Å²) in [5, 5.41) is 0. The summed E-state index contributed by atoms with van der Waals surface area (Å²) in [6, 6.07) is 15.8. The molecule has 0 atom stereocenters. The van der Waals surface area contributed by atoms with E-state index in [1.54, 1.807) is 12.0 Å². The van der Waals surface area contributed by atoms with Crippen LogP contribution >= 0.6 is 12.4 Å². The molecule has 0 saturated carbocycles. The van der Waals surface area contributed by atoms with E-state index in [2.05, 4.69) is 0 Å². The molecule has 30 heavy (non-hydrogen) atoms. The van der Waals surface area contributed by atoms with Gasteiger partial charge in [-0.2, -0.15) is 0 Å². The minimum atomic E-state index is -0.518. The number of hydrogen-bond donors (Lipinski definition) is 1. The first-order valence-corrected chi connectivity index (χ1v) is 9.95. The van der Waals surface area contributed by atoms with Gasteiger partial charge in [0.15, 0.2) is 11.5 Å². The maximum absolute atomic E-state index is 13.1. The van der Waals surface area contributed by atoms with Crippen molar-refractivity contribution in [1.82, 2.24) is 4.90 Å². The van der Waals surface area contributed by atoms with Gasteiger partial charge in [-0.05, 0) is 36.1 Å². The second-order valence-corrected chi connectivity index (χ2v) is 7.52. The van der Waals surface area contributed by atoms with E-state index >= 15 is 0 Å². The van der Waals surface area contributed by atoms with E-state index in [-0.39, 0.29) is 18.3 Å². The summed E-state index contributed by atoms with van der Waals surface area (Å²) in [5.41, 5.74) is 7.53. The van der Waals surface area contributed by atoms with Gasteiger partial charge in [0.25, 0.3) is 0 Å². The number of benzene rings is 2. The third-order valence-corrected chi connectivity index (χ3v) is 5.53. The molecule has 0 spiro atoms.